The quantitative estimate of drug-likeness (QED) is 0.415. The SMILES string of the molecule is CCCC[C@H](NC(=O)C[C@H](CCC)NC(=O)OCC1c2ccccc2-c2ccccc21)C(=O)O. The third-order valence-electron chi connectivity index (χ3n) is 6.21. The molecule has 0 fully saturated rings. The number of hydrogen-bond acceptors (Lipinski definition) is 4. The van der Waals surface area contributed by atoms with Gasteiger partial charge < -0.3 is 20.5 Å². The second-order valence-corrected chi connectivity index (χ2v) is 8.76. The molecule has 0 unspecified atom stereocenters. The molecule has 7 heteroatoms. The zero-order valence-corrected chi connectivity index (χ0v) is 19.9. The molecular formula is C27H34N2O5. The lowest BCUT2D eigenvalue weighted by atomic mass is 9.98. The van der Waals surface area contributed by atoms with Gasteiger partial charge in [-0.2, -0.15) is 0 Å². The number of carbonyl (C=O) groups is 3. The molecule has 0 aromatic heterocycles. The molecule has 0 bridgehead atoms. The number of carbonyl (C=O) groups excluding carboxylic acids is 2. The maximum atomic E-state index is 12.6. The van der Waals surface area contributed by atoms with Gasteiger partial charge in [0.1, 0.15) is 12.6 Å². The van der Waals surface area contributed by atoms with Gasteiger partial charge in [0, 0.05) is 18.4 Å². The first-order valence-electron chi connectivity index (χ1n) is 12.1. The maximum Gasteiger partial charge on any atom is 0.407 e. The van der Waals surface area contributed by atoms with Crippen molar-refractivity contribution >= 4 is 18.0 Å². The number of aliphatic carboxylic acids is 1. The Bertz CT molecular complexity index is 961. The zero-order chi connectivity index (χ0) is 24.5. The number of carboxylic acid groups (broad SMARTS) is 1. The molecule has 2 atom stereocenters. The van der Waals surface area contributed by atoms with E-state index in [1.54, 1.807) is 0 Å². The summed E-state index contributed by atoms with van der Waals surface area (Å²) in [5, 5.41) is 14.7. The first kappa shape index (κ1) is 25.3. The van der Waals surface area contributed by atoms with Gasteiger partial charge in [0.2, 0.25) is 5.91 Å². The molecule has 0 saturated carbocycles. The molecule has 2 aromatic carbocycles. The van der Waals surface area contributed by atoms with Crippen molar-refractivity contribution < 1.29 is 24.2 Å². The van der Waals surface area contributed by atoms with Crippen molar-refractivity contribution in [2.24, 2.45) is 0 Å². The average molecular weight is 467 g/mol. The first-order chi connectivity index (χ1) is 16.4. The van der Waals surface area contributed by atoms with Crippen LogP contribution in [0.3, 0.4) is 0 Å². The average Bonchev–Trinajstić information content (AvgIpc) is 3.14. The number of hydrogen-bond donors (Lipinski definition) is 3. The van der Waals surface area contributed by atoms with Gasteiger partial charge in [0.25, 0.3) is 0 Å². The predicted octanol–water partition coefficient (Wildman–Crippen LogP) is 4.84. The standard InChI is InChI=1S/C27H34N2O5/c1-3-5-15-24(26(31)32)29-25(30)16-18(10-4-2)28-27(33)34-17-23-21-13-8-6-11-19(21)20-12-7-9-14-22(20)23/h6-9,11-14,18,23-24H,3-5,10,15-17H2,1-2H3,(H,28,33)(H,29,30)(H,31,32)/t18-,24-/m0/s1. The van der Waals surface area contributed by atoms with Gasteiger partial charge >= 0.3 is 12.1 Å². The molecular weight excluding hydrogens is 432 g/mol. The summed E-state index contributed by atoms with van der Waals surface area (Å²) < 4.78 is 5.59. The molecule has 3 rings (SSSR count). The zero-order valence-electron chi connectivity index (χ0n) is 19.9. The molecule has 1 aliphatic carbocycles. The van der Waals surface area contributed by atoms with Gasteiger partial charge in [-0.3, -0.25) is 4.79 Å². The fourth-order valence-corrected chi connectivity index (χ4v) is 4.52. The van der Waals surface area contributed by atoms with E-state index in [1.165, 1.54) is 0 Å². The van der Waals surface area contributed by atoms with Crippen molar-refractivity contribution in [3.8, 4) is 11.1 Å². The second-order valence-electron chi connectivity index (χ2n) is 8.76. The number of carboxylic acids is 1. The molecule has 0 spiro atoms. The van der Waals surface area contributed by atoms with Crippen LogP contribution in [0.5, 0.6) is 0 Å². The molecule has 7 nitrogen and oxygen atoms in total. The Morgan fingerprint density at radius 3 is 2.09 bits per heavy atom. The summed E-state index contributed by atoms with van der Waals surface area (Å²) in [5.41, 5.74) is 4.58. The monoisotopic (exact) mass is 466 g/mol. The van der Waals surface area contributed by atoms with Crippen LogP contribution in [0.25, 0.3) is 11.1 Å². The van der Waals surface area contributed by atoms with Crippen LogP contribution in [-0.4, -0.2) is 41.8 Å². The lowest BCUT2D eigenvalue weighted by Gasteiger charge is -2.21. The Balaban J connectivity index is 1.57. The fourth-order valence-electron chi connectivity index (χ4n) is 4.52. The normalized spacial score (nSPS) is 13.9. The minimum absolute atomic E-state index is 0.00788. The van der Waals surface area contributed by atoms with Crippen LogP contribution in [-0.2, 0) is 14.3 Å². The Kier molecular flexibility index (Phi) is 9.08. The van der Waals surface area contributed by atoms with Gasteiger partial charge in [0.05, 0.1) is 0 Å². The van der Waals surface area contributed by atoms with Gasteiger partial charge in [-0.25, -0.2) is 9.59 Å². The van der Waals surface area contributed by atoms with Crippen molar-refractivity contribution in [1.29, 1.82) is 0 Å². The number of benzene rings is 2. The summed E-state index contributed by atoms with van der Waals surface area (Å²) in [6, 6.07) is 14.9. The summed E-state index contributed by atoms with van der Waals surface area (Å²) in [7, 11) is 0. The molecule has 0 saturated heterocycles. The van der Waals surface area contributed by atoms with Crippen LogP contribution in [0.4, 0.5) is 4.79 Å². The first-order valence-corrected chi connectivity index (χ1v) is 12.1. The van der Waals surface area contributed by atoms with E-state index in [2.05, 4.69) is 34.9 Å². The minimum Gasteiger partial charge on any atom is -0.480 e. The van der Waals surface area contributed by atoms with Crippen LogP contribution >= 0.6 is 0 Å². The van der Waals surface area contributed by atoms with Crippen molar-refractivity contribution in [2.75, 3.05) is 6.61 Å². The fraction of sp³-hybridized carbons (Fsp3) is 0.444. The van der Waals surface area contributed by atoms with Crippen molar-refractivity contribution in [2.45, 2.75) is 70.4 Å². The molecule has 1 aliphatic rings. The third-order valence-corrected chi connectivity index (χ3v) is 6.21. The topological polar surface area (TPSA) is 105 Å². The Hall–Kier alpha value is -3.35. The van der Waals surface area contributed by atoms with Crippen LogP contribution in [0.1, 0.15) is 69.4 Å². The highest BCUT2D eigenvalue weighted by molar-refractivity contribution is 5.84. The number of alkyl carbamates (subject to hydrolysis) is 1. The van der Waals surface area contributed by atoms with Crippen molar-refractivity contribution in [1.82, 2.24) is 10.6 Å². The van der Waals surface area contributed by atoms with Crippen LogP contribution in [0.2, 0.25) is 0 Å². The van der Waals surface area contributed by atoms with E-state index in [9.17, 15) is 19.5 Å². The van der Waals surface area contributed by atoms with E-state index in [0.29, 0.717) is 19.3 Å². The summed E-state index contributed by atoms with van der Waals surface area (Å²) in [6.45, 7) is 4.13. The number of rotatable bonds is 12. The van der Waals surface area contributed by atoms with E-state index < -0.39 is 24.1 Å². The van der Waals surface area contributed by atoms with Crippen LogP contribution < -0.4 is 10.6 Å². The Morgan fingerprint density at radius 2 is 1.53 bits per heavy atom. The van der Waals surface area contributed by atoms with Crippen LogP contribution in [0, 0.1) is 0 Å². The Labute approximate surface area is 200 Å². The highest BCUT2D eigenvalue weighted by Crippen LogP contribution is 2.44. The smallest absolute Gasteiger partial charge is 0.407 e. The number of nitrogens with one attached hydrogen (secondary N) is 2. The number of amides is 2. The largest absolute Gasteiger partial charge is 0.480 e. The highest BCUT2D eigenvalue weighted by Gasteiger charge is 2.29. The van der Waals surface area contributed by atoms with Gasteiger partial charge in [-0.15, -0.1) is 0 Å². The lowest BCUT2D eigenvalue weighted by molar-refractivity contribution is -0.142. The molecule has 0 heterocycles. The van der Waals surface area contributed by atoms with Crippen molar-refractivity contribution in [3.63, 3.8) is 0 Å². The highest BCUT2D eigenvalue weighted by atomic mass is 16.5. The summed E-state index contributed by atoms with van der Waals surface area (Å²) in [4.78, 5) is 36.5. The van der Waals surface area contributed by atoms with E-state index in [4.69, 9.17) is 4.74 Å². The summed E-state index contributed by atoms with van der Waals surface area (Å²) in [6.07, 6.45) is 2.73. The molecule has 34 heavy (non-hydrogen) atoms. The maximum absolute atomic E-state index is 12.6. The molecule has 0 radical (unpaired) electrons. The predicted molar refractivity (Wildman–Crippen MR) is 131 cm³/mol. The van der Waals surface area contributed by atoms with Crippen molar-refractivity contribution in [3.05, 3.63) is 59.7 Å². The molecule has 3 N–H and O–H groups in total. The number of fused-ring (bicyclic) bond motifs is 3. The number of unbranched alkanes of at least 4 members (excludes halogenated alkanes) is 1. The van der Waals surface area contributed by atoms with E-state index in [1.807, 2.05) is 38.1 Å². The molecule has 2 aromatic rings. The summed E-state index contributed by atoms with van der Waals surface area (Å²) >= 11 is 0. The minimum atomic E-state index is -1.04. The van der Waals surface area contributed by atoms with Crippen LogP contribution in [0.15, 0.2) is 48.5 Å². The Morgan fingerprint density at radius 1 is 0.912 bits per heavy atom. The number of ether oxygens (including phenoxy) is 1. The summed E-state index contributed by atoms with van der Waals surface area (Å²) in [5.74, 6) is -1.47. The van der Waals surface area contributed by atoms with Gasteiger partial charge in [0.15, 0.2) is 0 Å². The molecule has 2 amide bonds. The molecule has 182 valence electrons. The van der Waals surface area contributed by atoms with E-state index >= 15 is 0 Å². The lowest BCUT2D eigenvalue weighted by Crippen LogP contribution is -2.45. The van der Waals surface area contributed by atoms with Gasteiger partial charge in [-0.1, -0.05) is 81.6 Å². The third kappa shape index (κ3) is 6.37. The van der Waals surface area contributed by atoms with E-state index in [0.717, 1.165) is 35.1 Å². The van der Waals surface area contributed by atoms with Gasteiger partial charge in [-0.05, 0) is 35.1 Å². The molecule has 0 aliphatic heterocycles. The second kappa shape index (κ2) is 12.2. The van der Waals surface area contributed by atoms with E-state index in [-0.39, 0.29) is 24.9 Å².